The van der Waals surface area contributed by atoms with Crippen molar-refractivity contribution in [2.24, 2.45) is 0 Å². The number of amides is 2. The second kappa shape index (κ2) is 8.50. The van der Waals surface area contributed by atoms with Crippen molar-refractivity contribution >= 4 is 11.8 Å². The van der Waals surface area contributed by atoms with Crippen LogP contribution < -0.4 is 5.32 Å². The van der Waals surface area contributed by atoms with Crippen LogP contribution in [0.5, 0.6) is 0 Å². The average molecular weight is 446 g/mol. The molecule has 1 fully saturated rings. The van der Waals surface area contributed by atoms with Crippen LogP contribution in [-0.2, 0) is 17.9 Å². The summed E-state index contributed by atoms with van der Waals surface area (Å²) in [5, 5.41) is 3.20. The van der Waals surface area contributed by atoms with Gasteiger partial charge in [0.1, 0.15) is 17.1 Å². The first kappa shape index (κ1) is 21.4. The van der Waals surface area contributed by atoms with E-state index in [2.05, 4.69) is 5.32 Å². The number of nitrogens with one attached hydrogen (secondary N) is 1. The summed E-state index contributed by atoms with van der Waals surface area (Å²) >= 11 is 0. The number of aromatic nitrogens is 1. The van der Waals surface area contributed by atoms with Crippen molar-refractivity contribution in [2.45, 2.75) is 57.3 Å². The van der Waals surface area contributed by atoms with Gasteiger partial charge in [0, 0.05) is 18.3 Å². The molecule has 5 nitrogen and oxygen atoms in total. The van der Waals surface area contributed by atoms with Crippen molar-refractivity contribution in [3.63, 3.8) is 0 Å². The number of fused-ring (bicyclic) bond motifs is 1. The molecular weight excluding hydrogens is 417 g/mol. The monoisotopic (exact) mass is 445 g/mol. The summed E-state index contributed by atoms with van der Waals surface area (Å²) < 4.78 is 15.8. The molecule has 3 aromatic rings. The molecule has 1 saturated carbocycles. The zero-order chi connectivity index (χ0) is 23.0. The summed E-state index contributed by atoms with van der Waals surface area (Å²) in [7, 11) is 0. The third-order valence-corrected chi connectivity index (χ3v) is 6.99. The molecule has 1 aliphatic carbocycles. The molecule has 170 valence electrons. The minimum Gasteiger partial charge on any atom is -0.351 e. The van der Waals surface area contributed by atoms with E-state index < -0.39 is 5.54 Å². The lowest BCUT2D eigenvalue weighted by molar-refractivity contribution is -0.133. The Kier molecular flexibility index (Phi) is 5.52. The highest BCUT2D eigenvalue weighted by molar-refractivity contribution is 6.00. The van der Waals surface area contributed by atoms with Crippen LogP contribution in [-0.4, -0.2) is 32.9 Å². The van der Waals surface area contributed by atoms with Gasteiger partial charge in [-0.25, -0.2) is 4.39 Å². The summed E-state index contributed by atoms with van der Waals surface area (Å²) in [6.45, 7) is 2.32. The van der Waals surface area contributed by atoms with Gasteiger partial charge in [0.25, 0.3) is 5.91 Å². The molecule has 1 aromatic heterocycles. The van der Waals surface area contributed by atoms with Gasteiger partial charge in [-0.05, 0) is 55.2 Å². The van der Waals surface area contributed by atoms with Crippen molar-refractivity contribution in [2.75, 3.05) is 0 Å². The first-order valence-electron chi connectivity index (χ1n) is 11.6. The lowest BCUT2D eigenvalue weighted by Crippen LogP contribution is -2.64. The van der Waals surface area contributed by atoms with Crippen molar-refractivity contribution in [1.29, 1.82) is 0 Å². The summed E-state index contributed by atoms with van der Waals surface area (Å²) in [6.07, 6.45) is 4.13. The Balaban J connectivity index is 1.55. The number of rotatable bonds is 5. The van der Waals surface area contributed by atoms with Gasteiger partial charge in [0.05, 0.1) is 6.54 Å². The zero-order valence-corrected chi connectivity index (χ0v) is 18.8. The zero-order valence-electron chi connectivity index (χ0n) is 18.8. The van der Waals surface area contributed by atoms with E-state index in [1.165, 1.54) is 12.1 Å². The average Bonchev–Trinajstić information content (AvgIpc) is 3.47. The van der Waals surface area contributed by atoms with Crippen LogP contribution in [0.2, 0.25) is 0 Å². The minimum absolute atomic E-state index is 0.139. The predicted molar refractivity (Wildman–Crippen MR) is 125 cm³/mol. The third kappa shape index (κ3) is 3.94. The van der Waals surface area contributed by atoms with Crippen LogP contribution >= 0.6 is 0 Å². The molecule has 1 N–H and O–H groups in total. The fourth-order valence-electron chi connectivity index (χ4n) is 5.11. The Hall–Kier alpha value is -3.41. The van der Waals surface area contributed by atoms with Crippen LogP contribution in [0.3, 0.4) is 0 Å². The first-order chi connectivity index (χ1) is 16.0. The maximum absolute atomic E-state index is 13.9. The number of hydrogen-bond donors (Lipinski definition) is 1. The van der Waals surface area contributed by atoms with E-state index in [0.29, 0.717) is 17.8 Å². The molecule has 1 atom stereocenters. The molecule has 0 radical (unpaired) electrons. The van der Waals surface area contributed by atoms with E-state index in [1.54, 1.807) is 17.0 Å². The van der Waals surface area contributed by atoms with Crippen LogP contribution in [0.4, 0.5) is 4.39 Å². The molecule has 2 aliphatic rings. The Morgan fingerprint density at radius 2 is 1.76 bits per heavy atom. The highest BCUT2D eigenvalue weighted by atomic mass is 19.1. The molecule has 2 amide bonds. The lowest BCUT2D eigenvalue weighted by atomic mass is 9.93. The lowest BCUT2D eigenvalue weighted by Gasteiger charge is -2.45. The fourth-order valence-corrected chi connectivity index (χ4v) is 5.11. The van der Waals surface area contributed by atoms with E-state index in [9.17, 15) is 14.0 Å². The highest BCUT2D eigenvalue weighted by Crippen LogP contribution is 2.34. The smallest absolute Gasteiger partial charge is 0.271 e. The quantitative estimate of drug-likeness (QED) is 0.615. The number of benzene rings is 2. The summed E-state index contributed by atoms with van der Waals surface area (Å²) in [5.74, 6) is -0.738. The molecular formula is C27H28FN3O2. The van der Waals surface area contributed by atoms with Gasteiger partial charge in [0.2, 0.25) is 5.91 Å². The predicted octanol–water partition coefficient (Wildman–Crippen LogP) is 4.77. The number of carbonyl (C=O) groups excluding carboxylic acids is 2. The second-order valence-corrected chi connectivity index (χ2v) is 9.31. The normalized spacial score (nSPS) is 20.7. The minimum atomic E-state index is -1.11. The SMILES string of the molecule is CC1(C(=O)NC2CCCC2)Cn2c(ccc2-c2ccccc2)C(=O)N1Cc1cccc(F)c1. The van der Waals surface area contributed by atoms with Crippen molar-refractivity contribution in [3.05, 3.63) is 83.8 Å². The summed E-state index contributed by atoms with van der Waals surface area (Å²) in [4.78, 5) is 29.0. The van der Waals surface area contributed by atoms with Crippen LogP contribution in [0.15, 0.2) is 66.7 Å². The first-order valence-corrected chi connectivity index (χ1v) is 11.6. The molecule has 2 aromatic carbocycles. The van der Waals surface area contributed by atoms with Crippen molar-refractivity contribution in [1.82, 2.24) is 14.8 Å². The maximum atomic E-state index is 13.9. The molecule has 2 heterocycles. The fraction of sp³-hybridized carbons (Fsp3) is 0.333. The van der Waals surface area contributed by atoms with Gasteiger partial charge in [-0.2, -0.15) is 0 Å². The topological polar surface area (TPSA) is 54.3 Å². The van der Waals surface area contributed by atoms with E-state index in [4.69, 9.17) is 0 Å². The summed E-state index contributed by atoms with van der Waals surface area (Å²) in [5.41, 5.74) is 1.99. The third-order valence-electron chi connectivity index (χ3n) is 6.99. The van der Waals surface area contributed by atoms with E-state index in [1.807, 2.05) is 54.0 Å². The molecule has 33 heavy (non-hydrogen) atoms. The highest BCUT2D eigenvalue weighted by Gasteiger charge is 2.48. The number of nitrogens with zero attached hydrogens (tertiary/aromatic N) is 2. The summed E-state index contributed by atoms with van der Waals surface area (Å²) in [6, 6.07) is 20.0. The largest absolute Gasteiger partial charge is 0.351 e. The molecule has 0 spiro atoms. The Bertz CT molecular complexity index is 1180. The van der Waals surface area contributed by atoms with Crippen molar-refractivity contribution in [3.8, 4) is 11.3 Å². The van der Waals surface area contributed by atoms with Gasteiger partial charge in [0.15, 0.2) is 0 Å². The van der Waals surface area contributed by atoms with Gasteiger partial charge < -0.3 is 14.8 Å². The number of carbonyl (C=O) groups is 2. The molecule has 0 saturated heterocycles. The number of hydrogen-bond acceptors (Lipinski definition) is 2. The molecule has 6 heteroatoms. The van der Waals surface area contributed by atoms with Crippen LogP contribution in [0.25, 0.3) is 11.3 Å². The van der Waals surface area contributed by atoms with Crippen molar-refractivity contribution < 1.29 is 14.0 Å². The second-order valence-electron chi connectivity index (χ2n) is 9.31. The van der Waals surface area contributed by atoms with Gasteiger partial charge in [-0.15, -0.1) is 0 Å². The molecule has 1 unspecified atom stereocenters. The molecule has 1 aliphatic heterocycles. The molecule has 5 rings (SSSR count). The molecule has 0 bridgehead atoms. The number of halogens is 1. The Labute approximate surface area is 193 Å². The van der Waals surface area contributed by atoms with E-state index >= 15 is 0 Å². The standard InChI is InChI=1S/C27H28FN3O2/c1-27(26(33)29-22-12-5-6-13-22)18-30-23(20-9-3-2-4-10-20)14-15-24(30)25(32)31(27)17-19-8-7-11-21(28)16-19/h2-4,7-11,14-16,22H,5-6,12-13,17-18H2,1H3,(H,29,33). The van der Waals surface area contributed by atoms with Gasteiger partial charge >= 0.3 is 0 Å². The maximum Gasteiger partial charge on any atom is 0.271 e. The van der Waals surface area contributed by atoms with E-state index in [0.717, 1.165) is 36.9 Å². The van der Waals surface area contributed by atoms with Gasteiger partial charge in [-0.3, -0.25) is 9.59 Å². The Morgan fingerprint density at radius 3 is 2.48 bits per heavy atom. The van der Waals surface area contributed by atoms with Crippen LogP contribution in [0.1, 0.15) is 48.7 Å². The Morgan fingerprint density at radius 1 is 1.03 bits per heavy atom. The van der Waals surface area contributed by atoms with E-state index in [-0.39, 0.29) is 30.2 Å². The van der Waals surface area contributed by atoms with Crippen LogP contribution in [0, 0.1) is 5.82 Å². The van der Waals surface area contributed by atoms with Gasteiger partial charge in [-0.1, -0.05) is 55.3 Å².